The molecule has 0 aliphatic carbocycles. The van der Waals surface area contributed by atoms with Gasteiger partial charge in [0.25, 0.3) is 10.0 Å². The third-order valence-electron chi connectivity index (χ3n) is 2.68. The highest BCUT2D eigenvalue weighted by Crippen LogP contribution is 2.26. The predicted molar refractivity (Wildman–Crippen MR) is 81.1 cm³/mol. The third-order valence-corrected chi connectivity index (χ3v) is 5.34. The van der Waals surface area contributed by atoms with Crippen LogP contribution in [-0.2, 0) is 16.6 Å². The summed E-state index contributed by atoms with van der Waals surface area (Å²) in [6.07, 6.45) is 0. The standard InChI is InChI=1S/C12H16N4O3S2/c1-7-4-11(19-3)15-12(14-7)16-21(17,18)10-5-9(6-13)20-8(10)2/h4-5H,6,13H2,1-3H3,(H,14,15,16). The Morgan fingerprint density at radius 3 is 2.62 bits per heavy atom. The molecule has 2 aromatic heterocycles. The molecule has 0 aromatic carbocycles. The highest BCUT2D eigenvalue weighted by molar-refractivity contribution is 7.92. The number of anilines is 1. The van der Waals surface area contributed by atoms with Crippen LogP contribution in [0.3, 0.4) is 0 Å². The number of aryl methyl sites for hydroxylation is 2. The van der Waals surface area contributed by atoms with Crippen LogP contribution >= 0.6 is 11.3 Å². The number of rotatable bonds is 5. The molecule has 0 radical (unpaired) electrons. The van der Waals surface area contributed by atoms with Crippen LogP contribution in [0.1, 0.15) is 15.4 Å². The van der Waals surface area contributed by atoms with Crippen molar-refractivity contribution in [3.05, 3.63) is 27.6 Å². The monoisotopic (exact) mass is 328 g/mol. The number of sulfonamides is 1. The number of nitrogens with two attached hydrogens (primary N) is 1. The maximum absolute atomic E-state index is 12.4. The van der Waals surface area contributed by atoms with Crippen molar-refractivity contribution in [2.75, 3.05) is 11.8 Å². The number of ether oxygens (including phenoxy) is 1. The van der Waals surface area contributed by atoms with E-state index >= 15 is 0 Å². The first-order valence-corrected chi connectivity index (χ1v) is 8.37. The first-order valence-electron chi connectivity index (χ1n) is 6.07. The number of methoxy groups -OCH3 is 1. The minimum Gasteiger partial charge on any atom is -0.481 e. The lowest BCUT2D eigenvalue weighted by Crippen LogP contribution is -2.15. The fraction of sp³-hybridized carbons (Fsp3) is 0.333. The van der Waals surface area contributed by atoms with E-state index in [2.05, 4.69) is 14.7 Å². The van der Waals surface area contributed by atoms with Crippen molar-refractivity contribution in [3.8, 4) is 5.88 Å². The maximum atomic E-state index is 12.4. The van der Waals surface area contributed by atoms with E-state index in [1.807, 2.05) is 0 Å². The summed E-state index contributed by atoms with van der Waals surface area (Å²) in [6.45, 7) is 3.76. The summed E-state index contributed by atoms with van der Waals surface area (Å²) in [4.78, 5) is 9.68. The average Bonchev–Trinajstić information content (AvgIpc) is 2.79. The Bertz CT molecular complexity index is 756. The Hall–Kier alpha value is -1.71. The normalized spacial score (nSPS) is 11.4. The van der Waals surface area contributed by atoms with E-state index in [1.165, 1.54) is 18.4 Å². The van der Waals surface area contributed by atoms with Crippen molar-refractivity contribution in [1.29, 1.82) is 0 Å². The highest BCUT2D eigenvalue weighted by Gasteiger charge is 2.21. The van der Waals surface area contributed by atoms with Crippen molar-refractivity contribution in [1.82, 2.24) is 9.97 Å². The molecular weight excluding hydrogens is 312 g/mol. The number of hydrogen-bond acceptors (Lipinski definition) is 7. The first-order chi connectivity index (χ1) is 9.85. The van der Waals surface area contributed by atoms with Gasteiger partial charge in [0.1, 0.15) is 4.90 Å². The SMILES string of the molecule is COc1cc(C)nc(NS(=O)(=O)c2cc(CN)sc2C)n1. The Morgan fingerprint density at radius 2 is 2.05 bits per heavy atom. The molecule has 0 spiro atoms. The average molecular weight is 328 g/mol. The van der Waals surface area contributed by atoms with Gasteiger partial charge in [0.05, 0.1) is 7.11 Å². The summed E-state index contributed by atoms with van der Waals surface area (Å²) in [5, 5.41) is 0. The molecule has 2 aromatic rings. The molecular formula is C12H16N4O3S2. The molecule has 2 heterocycles. The van der Waals surface area contributed by atoms with Crippen LogP contribution in [0.15, 0.2) is 17.0 Å². The number of nitrogens with one attached hydrogen (secondary N) is 1. The Balaban J connectivity index is 2.37. The lowest BCUT2D eigenvalue weighted by molar-refractivity contribution is 0.397. The van der Waals surface area contributed by atoms with E-state index < -0.39 is 10.0 Å². The fourth-order valence-electron chi connectivity index (χ4n) is 1.76. The molecule has 0 amide bonds. The molecule has 3 N–H and O–H groups in total. The molecule has 0 saturated heterocycles. The first kappa shape index (κ1) is 15.7. The van der Waals surface area contributed by atoms with Crippen LogP contribution in [0.5, 0.6) is 5.88 Å². The van der Waals surface area contributed by atoms with Crippen LogP contribution < -0.4 is 15.2 Å². The van der Waals surface area contributed by atoms with Crippen LogP contribution in [0.2, 0.25) is 0 Å². The van der Waals surface area contributed by atoms with Crippen molar-refractivity contribution in [2.45, 2.75) is 25.3 Å². The van der Waals surface area contributed by atoms with Gasteiger partial charge in [0.15, 0.2) is 0 Å². The van der Waals surface area contributed by atoms with Gasteiger partial charge in [-0.2, -0.15) is 4.98 Å². The Kier molecular flexibility index (Phi) is 4.45. The lowest BCUT2D eigenvalue weighted by Gasteiger charge is -2.08. The van der Waals surface area contributed by atoms with Crippen LogP contribution in [0.25, 0.3) is 0 Å². The van der Waals surface area contributed by atoms with Gasteiger partial charge in [-0.1, -0.05) is 0 Å². The molecule has 0 aliphatic rings. The maximum Gasteiger partial charge on any atom is 0.265 e. The number of aromatic nitrogens is 2. The van der Waals surface area contributed by atoms with E-state index in [4.69, 9.17) is 10.5 Å². The van der Waals surface area contributed by atoms with E-state index in [0.717, 1.165) is 4.88 Å². The molecule has 114 valence electrons. The minimum atomic E-state index is -3.75. The van der Waals surface area contributed by atoms with Gasteiger partial charge in [-0.3, -0.25) is 0 Å². The number of hydrogen-bond donors (Lipinski definition) is 2. The third kappa shape index (κ3) is 3.49. The minimum absolute atomic E-state index is 0.0215. The van der Waals surface area contributed by atoms with Gasteiger partial charge >= 0.3 is 0 Å². The predicted octanol–water partition coefficient (Wildman–Crippen LogP) is 1.42. The lowest BCUT2D eigenvalue weighted by atomic mass is 10.4. The van der Waals surface area contributed by atoms with E-state index in [0.29, 0.717) is 23.0 Å². The van der Waals surface area contributed by atoms with Crippen LogP contribution in [0, 0.1) is 13.8 Å². The van der Waals surface area contributed by atoms with E-state index in [-0.39, 0.29) is 10.8 Å². The largest absolute Gasteiger partial charge is 0.481 e. The highest BCUT2D eigenvalue weighted by atomic mass is 32.2. The van der Waals surface area contributed by atoms with E-state index in [9.17, 15) is 8.42 Å². The second-order valence-corrected chi connectivity index (χ2v) is 7.31. The fourth-order valence-corrected chi connectivity index (χ4v) is 4.22. The topological polar surface area (TPSA) is 107 Å². The summed E-state index contributed by atoms with van der Waals surface area (Å²) in [5.74, 6) is 0.275. The van der Waals surface area contributed by atoms with Crippen molar-refractivity contribution in [3.63, 3.8) is 0 Å². The van der Waals surface area contributed by atoms with Gasteiger partial charge in [0, 0.05) is 28.1 Å². The summed E-state index contributed by atoms with van der Waals surface area (Å²) >= 11 is 1.35. The zero-order chi connectivity index (χ0) is 15.6. The van der Waals surface area contributed by atoms with Gasteiger partial charge < -0.3 is 10.5 Å². The van der Waals surface area contributed by atoms with Crippen molar-refractivity contribution >= 4 is 27.3 Å². The number of thiophene rings is 1. The molecule has 0 saturated carbocycles. The molecule has 2 rings (SSSR count). The summed E-state index contributed by atoms with van der Waals surface area (Å²) in [7, 11) is -2.30. The summed E-state index contributed by atoms with van der Waals surface area (Å²) in [5.41, 5.74) is 6.14. The second-order valence-electron chi connectivity index (χ2n) is 4.32. The molecule has 0 unspecified atom stereocenters. The van der Waals surface area contributed by atoms with Crippen LogP contribution in [-0.4, -0.2) is 25.5 Å². The molecule has 21 heavy (non-hydrogen) atoms. The molecule has 9 heteroatoms. The second kappa shape index (κ2) is 5.96. The van der Waals surface area contributed by atoms with Gasteiger partial charge in [-0.05, 0) is 19.9 Å². The molecule has 7 nitrogen and oxygen atoms in total. The van der Waals surface area contributed by atoms with Gasteiger partial charge in [0.2, 0.25) is 11.8 Å². The van der Waals surface area contributed by atoms with Crippen molar-refractivity contribution in [2.24, 2.45) is 5.73 Å². The molecule has 0 bridgehead atoms. The molecule has 0 atom stereocenters. The smallest absolute Gasteiger partial charge is 0.265 e. The van der Waals surface area contributed by atoms with E-state index in [1.54, 1.807) is 26.0 Å². The zero-order valence-corrected chi connectivity index (χ0v) is 13.5. The van der Waals surface area contributed by atoms with Crippen molar-refractivity contribution < 1.29 is 13.2 Å². The molecule has 0 fully saturated rings. The molecule has 0 aliphatic heterocycles. The zero-order valence-electron chi connectivity index (χ0n) is 11.9. The van der Waals surface area contributed by atoms with Gasteiger partial charge in [-0.25, -0.2) is 18.1 Å². The van der Waals surface area contributed by atoms with Crippen LogP contribution in [0.4, 0.5) is 5.95 Å². The quantitative estimate of drug-likeness (QED) is 0.859. The summed E-state index contributed by atoms with van der Waals surface area (Å²) < 4.78 is 32.2. The number of nitrogens with zero attached hydrogens (tertiary/aromatic N) is 2. The Morgan fingerprint density at radius 1 is 1.33 bits per heavy atom. The van der Waals surface area contributed by atoms with Gasteiger partial charge in [-0.15, -0.1) is 11.3 Å². The summed E-state index contributed by atoms with van der Waals surface area (Å²) in [6, 6.07) is 3.18. The Labute approximate surface area is 127 Å².